The van der Waals surface area contributed by atoms with E-state index in [2.05, 4.69) is 20.8 Å². The summed E-state index contributed by atoms with van der Waals surface area (Å²) in [7, 11) is 0. The van der Waals surface area contributed by atoms with Crippen LogP contribution in [0.25, 0.3) is 21.7 Å². The second-order valence-electron chi connectivity index (χ2n) is 10.1. The minimum absolute atomic E-state index is 0.142. The molecule has 5 aromatic rings. The molecular weight excluding hydrogens is 541 g/mol. The number of carbonyl (C=O) groups excluding carboxylic acids is 3. The van der Waals surface area contributed by atoms with E-state index >= 15 is 0 Å². The fourth-order valence-corrected chi connectivity index (χ4v) is 6.35. The van der Waals surface area contributed by atoms with Crippen molar-refractivity contribution in [3.63, 3.8) is 0 Å². The Morgan fingerprint density at radius 3 is 2.76 bits per heavy atom. The fraction of sp³-hybridized carbons (Fsp3) is 0.226. The van der Waals surface area contributed by atoms with Crippen LogP contribution in [-0.2, 0) is 24.3 Å². The fourth-order valence-electron chi connectivity index (χ4n) is 5.27. The lowest BCUT2D eigenvalue weighted by Crippen LogP contribution is -2.49. The van der Waals surface area contributed by atoms with Crippen molar-refractivity contribution in [3.05, 3.63) is 99.1 Å². The molecule has 3 amide bonds. The highest BCUT2D eigenvalue weighted by molar-refractivity contribution is 7.14. The summed E-state index contributed by atoms with van der Waals surface area (Å²) in [5, 5.41) is 14.8. The molecule has 6 rings (SSSR count). The van der Waals surface area contributed by atoms with Gasteiger partial charge in [0.2, 0.25) is 5.91 Å². The van der Waals surface area contributed by atoms with E-state index in [0.29, 0.717) is 41.8 Å². The van der Waals surface area contributed by atoms with E-state index in [-0.39, 0.29) is 30.1 Å². The van der Waals surface area contributed by atoms with Gasteiger partial charge in [0.05, 0.1) is 16.6 Å². The standard InChI is InChI=1S/C31H28FN5O3S/c1-2-25(35-29(38)18-9-10-26-20(13-18)16-34-36-26)31(40)37-12-11-27-21(17-37)14-28(41-27)30(39)33-15-19-5-3-7-23-22(19)6-4-8-24(23)32/h3-10,13-14,16,25H,2,11-12,15,17H2,1H3,(H,33,39)(H,34,36)(H,35,38)/t25-/m1/s1. The molecule has 8 nitrogen and oxygen atoms in total. The quantitative estimate of drug-likeness (QED) is 0.258. The molecule has 3 N–H and O–H groups in total. The van der Waals surface area contributed by atoms with Crippen LogP contribution < -0.4 is 10.6 Å². The third kappa shape index (κ3) is 5.30. The Balaban J connectivity index is 1.10. The average Bonchev–Trinajstić information content (AvgIpc) is 3.65. The number of aromatic amines is 1. The van der Waals surface area contributed by atoms with Crippen molar-refractivity contribution in [2.24, 2.45) is 0 Å². The highest BCUT2D eigenvalue weighted by Gasteiger charge is 2.29. The van der Waals surface area contributed by atoms with Crippen LogP contribution in [0.5, 0.6) is 0 Å². The average molecular weight is 570 g/mol. The zero-order chi connectivity index (χ0) is 28.5. The number of hydrogen-bond acceptors (Lipinski definition) is 5. The maximum atomic E-state index is 14.2. The van der Waals surface area contributed by atoms with Gasteiger partial charge in [-0.1, -0.05) is 37.3 Å². The summed E-state index contributed by atoms with van der Waals surface area (Å²) in [6.07, 6.45) is 2.75. The Labute approximate surface area is 239 Å². The highest BCUT2D eigenvalue weighted by Crippen LogP contribution is 2.29. The van der Waals surface area contributed by atoms with Gasteiger partial charge in [-0.05, 0) is 59.7 Å². The first kappa shape index (κ1) is 26.6. The van der Waals surface area contributed by atoms with Gasteiger partial charge in [0.25, 0.3) is 11.8 Å². The number of rotatable bonds is 7. The van der Waals surface area contributed by atoms with Gasteiger partial charge < -0.3 is 15.5 Å². The van der Waals surface area contributed by atoms with E-state index in [0.717, 1.165) is 32.3 Å². The molecule has 3 aromatic carbocycles. The van der Waals surface area contributed by atoms with Gasteiger partial charge in [0, 0.05) is 40.8 Å². The maximum absolute atomic E-state index is 14.2. The molecule has 0 bridgehead atoms. The number of hydrogen-bond donors (Lipinski definition) is 3. The summed E-state index contributed by atoms with van der Waals surface area (Å²) >= 11 is 1.43. The Morgan fingerprint density at radius 1 is 1.07 bits per heavy atom. The van der Waals surface area contributed by atoms with Gasteiger partial charge >= 0.3 is 0 Å². The molecule has 10 heteroatoms. The van der Waals surface area contributed by atoms with Crippen LogP contribution in [0.2, 0.25) is 0 Å². The van der Waals surface area contributed by atoms with E-state index in [9.17, 15) is 18.8 Å². The zero-order valence-corrected chi connectivity index (χ0v) is 23.2. The normalized spacial score (nSPS) is 13.7. The van der Waals surface area contributed by atoms with E-state index in [1.165, 1.54) is 17.4 Å². The Bertz CT molecular complexity index is 1800. The third-order valence-electron chi connectivity index (χ3n) is 7.51. The van der Waals surface area contributed by atoms with E-state index < -0.39 is 6.04 Å². The Morgan fingerprint density at radius 2 is 1.90 bits per heavy atom. The monoisotopic (exact) mass is 569 g/mol. The first-order chi connectivity index (χ1) is 19.9. The molecule has 41 heavy (non-hydrogen) atoms. The van der Waals surface area contributed by atoms with Crippen molar-refractivity contribution < 1.29 is 18.8 Å². The number of halogens is 1. The number of carbonyl (C=O) groups is 3. The summed E-state index contributed by atoms with van der Waals surface area (Å²) < 4.78 is 14.2. The van der Waals surface area contributed by atoms with Crippen LogP contribution in [0, 0.1) is 5.82 Å². The van der Waals surface area contributed by atoms with Crippen LogP contribution in [0.3, 0.4) is 0 Å². The third-order valence-corrected chi connectivity index (χ3v) is 8.75. The summed E-state index contributed by atoms with van der Waals surface area (Å²) in [6, 6.07) is 16.8. The molecule has 0 saturated carbocycles. The number of thiophene rings is 1. The number of nitrogens with zero attached hydrogens (tertiary/aromatic N) is 2. The zero-order valence-electron chi connectivity index (χ0n) is 22.4. The molecule has 1 atom stereocenters. The van der Waals surface area contributed by atoms with Gasteiger partial charge in [0.15, 0.2) is 0 Å². The lowest BCUT2D eigenvalue weighted by Gasteiger charge is -2.30. The first-order valence-electron chi connectivity index (χ1n) is 13.5. The lowest BCUT2D eigenvalue weighted by molar-refractivity contribution is -0.134. The van der Waals surface area contributed by atoms with Gasteiger partial charge in [-0.2, -0.15) is 5.10 Å². The number of benzene rings is 3. The number of H-pyrrole nitrogens is 1. The van der Waals surface area contributed by atoms with Gasteiger partial charge in [0.1, 0.15) is 11.9 Å². The van der Waals surface area contributed by atoms with Gasteiger partial charge in [-0.25, -0.2) is 4.39 Å². The summed E-state index contributed by atoms with van der Waals surface area (Å²) in [4.78, 5) is 42.7. The molecule has 0 radical (unpaired) electrons. The van der Waals surface area contributed by atoms with E-state index in [1.54, 1.807) is 47.5 Å². The molecule has 0 spiro atoms. The molecule has 0 saturated heterocycles. The van der Waals surface area contributed by atoms with Crippen molar-refractivity contribution in [2.45, 2.75) is 38.9 Å². The molecule has 0 fully saturated rings. The predicted octanol–water partition coefficient (Wildman–Crippen LogP) is 4.94. The SMILES string of the molecule is CC[C@@H](NC(=O)c1ccc2[nH]ncc2c1)C(=O)N1CCc2sc(C(=O)NCc3cccc4c(F)cccc34)cc2C1. The Hall–Kier alpha value is -4.57. The highest BCUT2D eigenvalue weighted by atomic mass is 32.1. The molecule has 1 aliphatic rings. The molecule has 208 valence electrons. The van der Waals surface area contributed by atoms with Crippen LogP contribution in [-0.4, -0.2) is 45.4 Å². The topological polar surface area (TPSA) is 107 Å². The first-order valence-corrected chi connectivity index (χ1v) is 14.3. The molecular formula is C31H28FN5O3S. The largest absolute Gasteiger partial charge is 0.347 e. The van der Waals surface area contributed by atoms with Crippen molar-refractivity contribution in [1.82, 2.24) is 25.7 Å². The van der Waals surface area contributed by atoms with Crippen LogP contribution in [0.15, 0.2) is 66.9 Å². The second kappa shape index (κ2) is 11.1. The summed E-state index contributed by atoms with van der Waals surface area (Å²) in [5.41, 5.74) is 3.08. The van der Waals surface area contributed by atoms with Crippen molar-refractivity contribution in [2.75, 3.05) is 6.54 Å². The summed E-state index contributed by atoms with van der Waals surface area (Å²) in [6.45, 7) is 3.04. The van der Waals surface area contributed by atoms with Gasteiger partial charge in [-0.3, -0.25) is 19.5 Å². The molecule has 3 heterocycles. The minimum Gasteiger partial charge on any atom is -0.347 e. The van der Waals surface area contributed by atoms with E-state index in [4.69, 9.17) is 0 Å². The van der Waals surface area contributed by atoms with Gasteiger partial charge in [-0.15, -0.1) is 11.3 Å². The van der Waals surface area contributed by atoms with Crippen LogP contribution in [0.4, 0.5) is 4.39 Å². The maximum Gasteiger partial charge on any atom is 0.261 e. The minimum atomic E-state index is -0.656. The second-order valence-corrected chi connectivity index (χ2v) is 11.2. The number of amides is 3. The Kier molecular flexibility index (Phi) is 7.23. The molecule has 0 unspecified atom stereocenters. The van der Waals surface area contributed by atoms with Crippen LogP contribution in [0.1, 0.15) is 49.4 Å². The van der Waals surface area contributed by atoms with Crippen molar-refractivity contribution in [1.29, 1.82) is 0 Å². The summed E-state index contributed by atoms with van der Waals surface area (Å²) in [5.74, 6) is -0.948. The number of nitrogens with one attached hydrogen (secondary N) is 3. The molecule has 0 aliphatic carbocycles. The molecule has 1 aliphatic heterocycles. The number of fused-ring (bicyclic) bond motifs is 3. The van der Waals surface area contributed by atoms with Crippen molar-refractivity contribution >= 4 is 50.7 Å². The van der Waals surface area contributed by atoms with Crippen LogP contribution >= 0.6 is 11.3 Å². The lowest BCUT2D eigenvalue weighted by atomic mass is 10.0. The number of aromatic nitrogens is 2. The van der Waals surface area contributed by atoms with Crippen molar-refractivity contribution in [3.8, 4) is 0 Å². The smallest absolute Gasteiger partial charge is 0.261 e. The predicted molar refractivity (Wildman–Crippen MR) is 156 cm³/mol. The van der Waals surface area contributed by atoms with E-state index in [1.807, 2.05) is 25.1 Å². The molecule has 2 aromatic heterocycles.